The molecule has 7 heteroatoms. The molecular weight excluding hydrogens is 821 g/mol. The molecule has 0 saturated carbocycles. The molecular formula is C45H36IrN4O2-2. The van der Waals surface area contributed by atoms with E-state index in [9.17, 15) is 0 Å². The molecule has 0 aliphatic rings. The van der Waals surface area contributed by atoms with Crippen molar-refractivity contribution in [2.24, 2.45) is 5.92 Å². The van der Waals surface area contributed by atoms with Crippen LogP contribution >= 0.6 is 0 Å². The summed E-state index contributed by atoms with van der Waals surface area (Å²) in [5, 5.41) is 2.76. The molecule has 0 bridgehead atoms. The number of fused-ring (bicyclic) bond motifs is 6. The number of hydrogen-bond donors (Lipinski definition) is 0. The predicted octanol–water partition coefficient (Wildman–Crippen LogP) is 11.1. The number of aryl methyl sites for hydroxylation is 2. The van der Waals surface area contributed by atoms with Gasteiger partial charge in [0.1, 0.15) is 5.58 Å². The first kappa shape index (κ1) is 24.7. The molecule has 6 heterocycles. The van der Waals surface area contributed by atoms with Crippen molar-refractivity contribution in [3.8, 4) is 22.5 Å². The summed E-state index contributed by atoms with van der Waals surface area (Å²) >= 11 is 0. The summed E-state index contributed by atoms with van der Waals surface area (Å²) in [7, 11) is 0. The maximum Gasteiger partial charge on any atom is 0.216 e. The minimum absolute atomic E-state index is 0. The topological polar surface area (TPSA) is 77.8 Å². The molecule has 0 aliphatic heterocycles. The molecule has 0 unspecified atom stereocenters. The van der Waals surface area contributed by atoms with Gasteiger partial charge in [-0.2, -0.15) is 0 Å². The number of aromatic nitrogens is 4. The number of rotatable bonds is 6. The van der Waals surface area contributed by atoms with E-state index in [2.05, 4.69) is 38.3 Å². The van der Waals surface area contributed by atoms with E-state index >= 15 is 0 Å². The van der Waals surface area contributed by atoms with Crippen LogP contribution in [-0.2, 0) is 32.9 Å². The Morgan fingerprint density at radius 3 is 2.44 bits per heavy atom. The molecule has 9 aromatic rings. The summed E-state index contributed by atoms with van der Waals surface area (Å²) < 4.78 is 94.5. The average Bonchev–Trinajstić information content (AvgIpc) is 3.82. The summed E-state index contributed by atoms with van der Waals surface area (Å²) in [6, 6.07) is 33.6. The Hall–Kier alpha value is -5.49. The standard InChI is InChI=1S/C28H26N3O.C17H10NO.Ir/c1-17(2)12-21-14-24(29-15-18(21)3)23-16-30-25(13-20-8-6-5-7-9-20)26-22-11-10-19(4)31-28(22)32-27(23)26;1-2-10-16-12(6-1)13-7-5-8-14(17(13)19-16)15-9-3-4-11-18-15;/h5-11,14-15,17H,12-13H2,1-4H3;1-7,9-11H;/q2*-1;/i3D3,4D3,12D2,13D2;;. The molecule has 1 radical (unpaired) electrons. The Morgan fingerprint density at radius 1 is 0.788 bits per heavy atom. The van der Waals surface area contributed by atoms with Gasteiger partial charge in [0.05, 0.1) is 11.2 Å². The van der Waals surface area contributed by atoms with Gasteiger partial charge in [-0.3, -0.25) is 0 Å². The van der Waals surface area contributed by atoms with Crippen molar-refractivity contribution >= 4 is 44.0 Å². The Bertz CT molecular complexity index is 3060. The van der Waals surface area contributed by atoms with Crippen LogP contribution in [0.2, 0.25) is 0 Å². The zero-order chi connectivity index (χ0) is 43.5. The second-order valence-corrected chi connectivity index (χ2v) is 12.1. The van der Waals surface area contributed by atoms with Gasteiger partial charge < -0.3 is 23.8 Å². The fraction of sp³-hybridized carbons (Fsp3) is 0.156. The molecule has 0 amide bonds. The third kappa shape index (κ3) is 6.90. The van der Waals surface area contributed by atoms with Gasteiger partial charge in [-0.25, -0.2) is 4.98 Å². The quantitative estimate of drug-likeness (QED) is 0.155. The second kappa shape index (κ2) is 15.0. The molecule has 52 heavy (non-hydrogen) atoms. The molecule has 3 aromatic carbocycles. The Balaban J connectivity index is 0.000000239. The van der Waals surface area contributed by atoms with Crippen molar-refractivity contribution < 1.29 is 42.6 Å². The van der Waals surface area contributed by atoms with Gasteiger partial charge in [-0.05, 0) is 90.9 Å². The summed E-state index contributed by atoms with van der Waals surface area (Å²) in [6.45, 7) is -1.87. The van der Waals surface area contributed by atoms with Crippen molar-refractivity contribution in [1.29, 1.82) is 0 Å². The predicted molar refractivity (Wildman–Crippen MR) is 204 cm³/mol. The third-order valence-corrected chi connectivity index (χ3v) is 8.20. The number of pyridine rings is 4. The van der Waals surface area contributed by atoms with E-state index in [-0.39, 0.29) is 70.6 Å². The smallest absolute Gasteiger partial charge is 0.216 e. The van der Waals surface area contributed by atoms with Crippen molar-refractivity contribution in [3.05, 3.63) is 156 Å². The van der Waals surface area contributed by atoms with Gasteiger partial charge in [0.25, 0.3) is 0 Å². The first-order chi connectivity index (χ1) is 28.9. The monoisotopic (exact) mass is 867 g/mol. The van der Waals surface area contributed by atoms with Gasteiger partial charge in [0, 0.05) is 62.7 Å². The van der Waals surface area contributed by atoms with E-state index in [0.717, 1.165) is 39.4 Å². The van der Waals surface area contributed by atoms with Gasteiger partial charge >= 0.3 is 0 Å². The number of benzene rings is 3. The molecule has 6 nitrogen and oxygen atoms in total. The Morgan fingerprint density at radius 2 is 1.63 bits per heavy atom. The van der Waals surface area contributed by atoms with Crippen molar-refractivity contribution in [1.82, 2.24) is 19.9 Å². The molecule has 9 rings (SSSR count). The van der Waals surface area contributed by atoms with E-state index in [0.29, 0.717) is 10.9 Å². The van der Waals surface area contributed by atoms with Gasteiger partial charge in [0.2, 0.25) is 5.71 Å². The van der Waals surface area contributed by atoms with Crippen LogP contribution < -0.4 is 0 Å². The summed E-state index contributed by atoms with van der Waals surface area (Å²) in [5.74, 6) is -0.579. The number of furan rings is 2. The van der Waals surface area contributed by atoms with E-state index in [1.807, 2.05) is 48.5 Å². The number of hydrogen-bond acceptors (Lipinski definition) is 6. The molecule has 0 N–H and O–H groups in total. The van der Waals surface area contributed by atoms with Crippen LogP contribution in [0.25, 0.3) is 66.5 Å². The van der Waals surface area contributed by atoms with E-state index in [1.54, 1.807) is 50.4 Å². The first-order valence-electron chi connectivity index (χ1n) is 21.3. The molecule has 0 saturated heterocycles. The summed E-state index contributed by atoms with van der Waals surface area (Å²) in [6.07, 6.45) is 1.51. The molecule has 0 atom stereocenters. The van der Waals surface area contributed by atoms with Crippen LogP contribution in [0, 0.1) is 31.9 Å². The van der Waals surface area contributed by atoms with Crippen LogP contribution in [0.15, 0.2) is 124 Å². The van der Waals surface area contributed by atoms with Crippen LogP contribution in [0.4, 0.5) is 0 Å². The molecule has 0 fully saturated rings. The zero-order valence-corrected chi connectivity index (χ0v) is 30.4. The molecule has 6 aromatic heterocycles. The van der Waals surface area contributed by atoms with Crippen molar-refractivity contribution in [3.63, 3.8) is 0 Å². The van der Waals surface area contributed by atoms with Gasteiger partial charge in [-0.1, -0.05) is 108 Å². The average molecular weight is 867 g/mol. The summed E-state index contributed by atoms with van der Waals surface area (Å²) in [4.78, 5) is 17.3. The molecule has 259 valence electrons. The van der Waals surface area contributed by atoms with Crippen LogP contribution in [0.1, 0.15) is 55.6 Å². The van der Waals surface area contributed by atoms with Crippen molar-refractivity contribution in [2.75, 3.05) is 0 Å². The van der Waals surface area contributed by atoms with Crippen LogP contribution in [-0.4, -0.2) is 19.9 Å². The van der Waals surface area contributed by atoms with E-state index in [1.165, 1.54) is 18.2 Å². The normalized spacial score (nSPS) is 15.1. The number of para-hydroxylation sites is 1. The van der Waals surface area contributed by atoms with E-state index in [4.69, 9.17) is 22.5 Å². The maximum absolute atomic E-state index is 8.99. The second-order valence-electron chi connectivity index (χ2n) is 12.1. The fourth-order valence-corrected chi connectivity index (χ4v) is 5.94. The first-order valence-corrected chi connectivity index (χ1v) is 16.3. The van der Waals surface area contributed by atoms with Crippen LogP contribution in [0.5, 0.6) is 0 Å². The third-order valence-electron chi connectivity index (χ3n) is 8.20. The largest absolute Gasteiger partial charge is 0.501 e. The fourth-order valence-electron chi connectivity index (χ4n) is 5.94. The van der Waals surface area contributed by atoms with E-state index < -0.39 is 32.4 Å². The SMILES string of the molecule is [2H]C([2H])([2H])c1ccc2c(n1)oc1c(-c3cc(C([2H])([2H])C(C)C)c(C([2H])([2H])[2H])cn3)[c-]nc(C([2H])([2H])c3ccccc3)c12.[Ir].[c-]1ccc2c(oc3ccccc32)c1-c1ccccn1. The van der Waals surface area contributed by atoms with Gasteiger partial charge in [0.15, 0.2) is 0 Å². The van der Waals surface area contributed by atoms with Crippen LogP contribution in [0.3, 0.4) is 0 Å². The van der Waals surface area contributed by atoms with Gasteiger partial charge in [-0.15, -0.1) is 18.2 Å². The number of nitrogens with zero attached hydrogens (tertiary/aromatic N) is 4. The maximum atomic E-state index is 8.99. The van der Waals surface area contributed by atoms with Crippen molar-refractivity contribution in [2.45, 2.75) is 40.3 Å². The Kier molecular flexibility index (Phi) is 7.11. The summed E-state index contributed by atoms with van der Waals surface area (Å²) in [5.41, 5.74) is 3.47. The molecule has 0 aliphatic carbocycles. The Labute approximate surface area is 330 Å². The molecule has 0 spiro atoms. The minimum atomic E-state index is -2.63. The minimum Gasteiger partial charge on any atom is -0.501 e. The zero-order valence-electron chi connectivity index (χ0n) is 38.0.